The van der Waals surface area contributed by atoms with Gasteiger partial charge in [0.25, 0.3) is 5.89 Å². The fraction of sp³-hybridized carbons (Fsp3) is 0.235. The summed E-state index contributed by atoms with van der Waals surface area (Å²) < 4.78 is 16.3. The molecule has 0 bridgehead atoms. The number of amides is 1. The number of hydrogen-bond donors (Lipinski definition) is 0. The predicted molar refractivity (Wildman–Crippen MR) is 87.9 cm³/mol. The van der Waals surface area contributed by atoms with Gasteiger partial charge in [-0.3, -0.25) is 4.79 Å². The number of benzene rings is 1. The van der Waals surface area contributed by atoms with E-state index < -0.39 is 5.76 Å². The number of rotatable bonds is 6. The van der Waals surface area contributed by atoms with Crippen LogP contribution in [0.15, 0.2) is 56.3 Å². The van der Waals surface area contributed by atoms with E-state index >= 15 is 0 Å². The Morgan fingerprint density at radius 3 is 2.88 bits per heavy atom. The Morgan fingerprint density at radius 2 is 2.16 bits per heavy atom. The molecule has 0 saturated carbocycles. The topological polar surface area (TPSA) is 90.7 Å². The number of likely N-dealkylation sites (N-methyl/N-ethyl adjacent to an activating group) is 1. The summed E-state index contributed by atoms with van der Waals surface area (Å²) >= 11 is 0. The Morgan fingerprint density at radius 1 is 1.32 bits per heavy atom. The first-order valence-corrected chi connectivity index (χ1v) is 7.55. The molecule has 1 aromatic carbocycles. The maximum atomic E-state index is 12.3. The molecular formula is C17H17N3O5. The van der Waals surface area contributed by atoms with Crippen molar-refractivity contribution < 1.29 is 18.4 Å². The number of carbonyl (C=O) groups is 1. The first kappa shape index (κ1) is 16.6. The standard InChI is InChI=1S/C17H17N3O5/c1-19(10-12-5-3-6-13(9-12)23-2)15(21)11-20-17(22)25-16(18-20)14-7-4-8-24-14/h3-9H,10-11H2,1-2H3. The molecule has 8 heteroatoms. The lowest BCUT2D eigenvalue weighted by Gasteiger charge is -2.17. The van der Waals surface area contributed by atoms with Crippen LogP contribution in [0.1, 0.15) is 5.56 Å². The number of furan rings is 1. The van der Waals surface area contributed by atoms with E-state index in [2.05, 4.69) is 5.10 Å². The van der Waals surface area contributed by atoms with Crippen molar-refractivity contribution >= 4 is 5.91 Å². The van der Waals surface area contributed by atoms with E-state index in [1.54, 1.807) is 26.3 Å². The van der Waals surface area contributed by atoms with Crippen molar-refractivity contribution in [2.45, 2.75) is 13.1 Å². The fourth-order valence-electron chi connectivity index (χ4n) is 2.29. The maximum absolute atomic E-state index is 12.3. The molecule has 130 valence electrons. The molecule has 2 aromatic heterocycles. The molecule has 2 heterocycles. The lowest BCUT2D eigenvalue weighted by Crippen LogP contribution is -2.33. The van der Waals surface area contributed by atoms with E-state index in [1.165, 1.54) is 11.2 Å². The summed E-state index contributed by atoms with van der Waals surface area (Å²) in [5.74, 6) is 0.0965. The minimum absolute atomic E-state index is 0.0400. The summed E-state index contributed by atoms with van der Waals surface area (Å²) in [5.41, 5.74) is 0.916. The van der Waals surface area contributed by atoms with Gasteiger partial charge in [0, 0.05) is 13.6 Å². The van der Waals surface area contributed by atoms with Crippen molar-refractivity contribution in [2.75, 3.05) is 14.2 Å². The molecule has 0 aliphatic carbocycles. The zero-order valence-electron chi connectivity index (χ0n) is 13.8. The highest BCUT2D eigenvalue weighted by Gasteiger charge is 2.17. The zero-order chi connectivity index (χ0) is 17.8. The van der Waals surface area contributed by atoms with Gasteiger partial charge in [0.2, 0.25) is 5.91 Å². The number of hydrogen-bond acceptors (Lipinski definition) is 6. The largest absolute Gasteiger partial charge is 0.497 e. The summed E-state index contributed by atoms with van der Waals surface area (Å²) in [6.45, 7) is 0.164. The second-order valence-corrected chi connectivity index (χ2v) is 5.41. The van der Waals surface area contributed by atoms with E-state index in [1.807, 2.05) is 24.3 Å². The third-order valence-electron chi connectivity index (χ3n) is 3.60. The Labute approximate surface area is 143 Å². The molecule has 0 N–H and O–H groups in total. The van der Waals surface area contributed by atoms with E-state index in [9.17, 15) is 9.59 Å². The van der Waals surface area contributed by atoms with Crippen LogP contribution in [0.2, 0.25) is 0 Å². The van der Waals surface area contributed by atoms with Crippen LogP contribution in [0, 0.1) is 0 Å². The predicted octanol–water partition coefficient (Wildman–Crippen LogP) is 1.76. The van der Waals surface area contributed by atoms with Crippen molar-refractivity contribution in [1.82, 2.24) is 14.7 Å². The lowest BCUT2D eigenvalue weighted by atomic mass is 10.2. The third kappa shape index (κ3) is 3.79. The van der Waals surface area contributed by atoms with Crippen molar-refractivity contribution in [1.29, 1.82) is 0 Å². The molecule has 0 radical (unpaired) electrons. The Kier molecular flexibility index (Phi) is 4.69. The maximum Gasteiger partial charge on any atom is 0.437 e. The Hall–Kier alpha value is -3.29. The highest BCUT2D eigenvalue weighted by Crippen LogP contribution is 2.16. The smallest absolute Gasteiger partial charge is 0.437 e. The van der Waals surface area contributed by atoms with Gasteiger partial charge in [-0.2, -0.15) is 4.68 Å². The molecule has 0 aliphatic rings. The molecule has 0 aliphatic heterocycles. The normalized spacial score (nSPS) is 10.6. The quantitative estimate of drug-likeness (QED) is 0.677. The van der Waals surface area contributed by atoms with Crippen LogP contribution in [0.3, 0.4) is 0 Å². The Bertz CT molecular complexity index is 911. The molecule has 0 spiro atoms. The van der Waals surface area contributed by atoms with E-state index in [4.69, 9.17) is 13.6 Å². The highest BCUT2D eigenvalue weighted by molar-refractivity contribution is 5.75. The van der Waals surface area contributed by atoms with Gasteiger partial charge < -0.3 is 18.5 Å². The van der Waals surface area contributed by atoms with Crippen LogP contribution < -0.4 is 10.5 Å². The summed E-state index contributed by atoms with van der Waals surface area (Å²) in [7, 11) is 3.24. The van der Waals surface area contributed by atoms with E-state index in [0.717, 1.165) is 10.2 Å². The van der Waals surface area contributed by atoms with Gasteiger partial charge in [0.15, 0.2) is 5.76 Å². The summed E-state index contributed by atoms with van der Waals surface area (Å²) in [6.07, 6.45) is 1.45. The van der Waals surface area contributed by atoms with E-state index in [-0.39, 0.29) is 18.3 Å². The van der Waals surface area contributed by atoms with Crippen LogP contribution in [0.4, 0.5) is 0 Å². The van der Waals surface area contributed by atoms with Gasteiger partial charge in [0.1, 0.15) is 12.3 Å². The van der Waals surface area contributed by atoms with Crippen LogP contribution >= 0.6 is 0 Å². The first-order valence-electron chi connectivity index (χ1n) is 7.55. The minimum atomic E-state index is -0.713. The van der Waals surface area contributed by atoms with Crippen LogP contribution in [0.5, 0.6) is 5.75 Å². The molecule has 8 nitrogen and oxygen atoms in total. The van der Waals surface area contributed by atoms with Crippen LogP contribution in [-0.4, -0.2) is 34.7 Å². The monoisotopic (exact) mass is 343 g/mol. The van der Waals surface area contributed by atoms with Gasteiger partial charge in [-0.05, 0) is 29.8 Å². The van der Waals surface area contributed by atoms with Gasteiger partial charge in [-0.25, -0.2) is 4.79 Å². The van der Waals surface area contributed by atoms with E-state index in [0.29, 0.717) is 18.1 Å². The molecule has 25 heavy (non-hydrogen) atoms. The average molecular weight is 343 g/mol. The molecule has 0 fully saturated rings. The lowest BCUT2D eigenvalue weighted by molar-refractivity contribution is -0.131. The Balaban J connectivity index is 1.68. The molecule has 0 atom stereocenters. The van der Waals surface area contributed by atoms with Crippen molar-refractivity contribution in [3.63, 3.8) is 0 Å². The van der Waals surface area contributed by atoms with Gasteiger partial charge >= 0.3 is 5.76 Å². The molecular weight excluding hydrogens is 326 g/mol. The van der Waals surface area contributed by atoms with Crippen LogP contribution in [0.25, 0.3) is 11.7 Å². The second-order valence-electron chi connectivity index (χ2n) is 5.41. The van der Waals surface area contributed by atoms with Gasteiger partial charge in [0.05, 0.1) is 13.4 Å². The van der Waals surface area contributed by atoms with Crippen molar-refractivity contribution in [3.8, 4) is 17.4 Å². The molecule has 1 amide bonds. The SMILES string of the molecule is COc1cccc(CN(C)C(=O)Cn2nc(-c3ccco3)oc2=O)c1. The number of aromatic nitrogens is 2. The average Bonchev–Trinajstić information content (AvgIpc) is 3.25. The third-order valence-corrected chi connectivity index (χ3v) is 3.60. The van der Waals surface area contributed by atoms with Crippen molar-refractivity contribution in [3.05, 3.63) is 58.8 Å². The summed E-state index contributed by atoms with van der Waals surface area (Å²) in [6, 6.07) is 10.7. The number of carbonyl (C=O) groups excluding carboxylic acids is 1. The first-order chi connectivity index (χ1) is 12.1. The number of methoxy groups -OCH3 is 1. The fourth-order valence-corrected chi connectivity index (χ4v) is 2.29. The molecule has 0 saturated heterocycles. The molecule has 3 aromatic rings. The zero-order valence-corrected chi connectivity index (χ0v) is 13.8. The minimum Gasteiger partial charge on any atom is -0.497 e. The summed E-state index contributed by atoms with van der Waals surface area (Å²) in [5, 5.41) is 3.99. The van der Waals surface area contributed by atoms with Gasteiger partial charge in [-0.1, -0.05) is 12.1 Å². The highest BCUT2D eigenvalue weighted by atomic mass is 16.5. The number of nitrogens with zero attached hydrogens (tertiary/aromatic N) is 3. The molecule has 3 rings (SSSR count). The van der Waals surface area contributed by atoms with Crippen molar-refractivity contribution in [2.24, 2.45) is 0 Å². The number of ether oxygens (including phenoxy) is 1. The second kappa shape index (κ2) is 7.08. The molecule has 0 unspecified atom stereocenters. The summed E-state index contributed by atoms with van der Waals surface area (Å²) in [4.78, 5) is 25.7. The van der Waals surface area contributed by atoms with Gasteiger partial charge in [-0.15, -0.1) is 5.10 Å². The van der Waals surface area contributed by atoms with Crippen LogP contribution in [-0.2, 0) is 17.9 Å².